The molecule has 0 fully saturated rings. The van der Waals surface area contributed by atoms with Gasteiger partial charge in [0.05, 0.1) is 10.5 Å². The van der Waals surface area contributed by atoms with Crippen LogP contribution in [0, 0.1) is 0 Å². The summed E-state index contributed by atoms with van der Waals surface area (Å²) in [7, 11) is 0. The highest BCUT2D eigenvalue weighted by molar-refractivity contribution is 9.10. The lowest BCUT2D eigenvalue weighted by atomic mass is 10.2. The van der Waals surface area contributed by atoms with Crippen LogP contribution in [-0.4, -0.2) is 6.36 Å². The van der Waals surface area contributed by atoms with E-state index in [-0.39, 0.29) is 16.3 Å². The van der Waals surface area contributed by atoms with Crippen LogP contribution in [0.5, 0.6) is 5.75 Å². The summed E-state index contributed by atoms with van der Waals surface area (Å²) in [4.78, 5) is 0. The first-order valence-corrected chi connectivity index (χ1v) is 7.40. The molecule has 0 spiro atoms. The first-order valence-electron chi connectivity index (χ1n) is 5.81. The lowest BCUT2D eigenvalue weighted by molar-refractivity contribution is -0.274. The molecule has 1 unspecified atom stereocenters. The number of alkyl halides is 3. The normalized spacial score (nSPS) is 13.0. The van der Waals surface area contributed by atoms with Gasteiger partial charge in [0, 0.05) is 5.69 Å². The van der Waals surface area contributed by atoms with Crippen molar-refractivity contribution < 1.29 is 22.3 Å². The molecule has 114 valence electrons. The van der Waals surface area contributed by atoms with Gasteiger partial charge >= 0.3 is 6.36 Å². The van der Waals surface area contributed by atoms with Gasteiger partial charge in [0.1, 0.15) is 11.5 Å². The molecule has 1 aromatic heterocycles. The SMILES string of the molecule is CC(Nc1ccc(OC(F)(F)F)c(Br)c1)c1ccc(Br)o1. The van der Waals surface area contributed by atoms with Crippen molar-refractivity contribution >= 4 is 37.5 Å². The fraction of sp³-hybridized carbons (Fsp3) is 0.231. The summed E-state index contributed by atoms with van der Waals surface area (Å²) in [6.07, 6.45) is -4.72. The Morgan fingerprint density at radius 1 is 1.19 bits per heavy atom. The molecule has 2 aromatic rings. The molecule has 0 bridgehead atoms. The fourth-order valence-corrected chi connectivity index (χ4v) is 2.46. The quantitative estimate of drug-likeness (QED) is 0.660. The number of ether oxygens (including phenoxy) is 1. The van der Waals surface area contributed by atoms with Crippen molar-refractivity contribution in [1.82, 2.24) is 0 Å². The van der Waals surface area contributed by atoms with Gasteiger partial charge in [-0.1, -0.05) is 0 Å². The van der Waals surface area contributed by atoms with Gasteiger partial charge < -0.3 is 14.5 Å². The molecular formula is C13H10Br2F3NO2. The molecular weight excluding hydrogens is 419 g/mol. The Kier molecular flexibility index (Phi) is 4.88. The fourth-order valence-electron chi connectivity index (χ4n) is 1.68. The van der Waals surface area contributed by atoms with Crippen molar-refractivity contribution in [2.24, 2.45) is 0 Å². The van der Waals surface area contributed by atoms with Crippen molar-refractivity contribution in [3.05, 3.63) is 45.2 Å². The van der Waals surface area contributed by atoms with Gasteiger partial charge in [-0.3, -0.25) is 0 Å². The molecule has 0 aliphatic heterocycles. The van der Waals surface area contributed by atoms with E-state index in [2.05, 4.69) is 41.9 Å². The number of hydrogen-bond donors (Lipinski definition) is 1. The van der Waals surface area contributed by atoms with Gasteiger partial charge in [0.15, 0.2) is 4.67 Å². The second kappa shape index (κ2) is 6.31. The number of halogens is 5. The van der Waals surface area contributed by atoms with Gasteiger partial charge in [-0.25, -0.2) is 0 Å². The van der Waals surface area contributed by atoms with Gasteiger partial charge in [-0.05, 0) is 69.1 Å². The zero-order valence-electron chi connectivity index (χ0n) is 10.7. The van der Waals surface area contributed by atoms with E-state index < -0.39 is 6.36 Å². The third-order valence-corrected chi connectivity index (χ3v) is 3.61. The predicted molar refractivity (Wildman–Crippen MR) is 79.3 cm³/mol. The molecule has 3 nitrogen and oxygen atoms in total. The van der Waals surface area contributed by atoms with Crippen molar-refractivity contribution in [2.45, 2.75) is 19.3 Å². The van der Waals surface area contributed by atoms with E-state index in [9.17, 15) is 13.2 Å². The van der Waals surface area contributed by atoms with Crippen LogP contribution in [0.2, 0.25) is 0 Å². The minimum Gasteiger partial charge on any atom is -0.452 e. The summed E-state index contributed by atoms with van der Waals surface area (Å²) in [5, 5.41) is 3.12. The average Bonchev–Trinajstić information content (AvgIpc) is 2.78. The summed E-state index contributed by atoms with van der Waals surface area (Å²) >= 11 is 6.26. The topological polar surface area (TPSA) is 34.4 Å². The van der Waals surface area contributed by atoms with Gasteiger partial charge in [-0.2, -0.15) is 0 Å². The molecule has 0 aliphatic carbocycles. The smallest absolute Gasteiger partial charge is 0.452 e. The molecule has 0 amide bonds. The molecule has 0 saturated heterocycles. The Bertz CT molecular complexity index is 628. The van der Waals surface area contributed by atoms with Crippen molar-refractivity contribution in [3.8, 4) is 5.75 Å². The summed E-state index contributed by atoms with van der Waals surface area (Å²) < 4.78 is 46.6. The molecule has 1 N–H and O–H groups in total. The Hall–Kier alpha value is -1.15. The minimum atomic E-state index is -4.72. The standard InChI is InChI=1S/C13H10Br2F3NO2/c1-7(10-4-5-12(15)20-10)19-8-2-3-11(9(14)6-8)21-13(16,17)18/h2-7,19H,1H3. The van der Waals surface area contributed by atoms with Crippen LogP contribution in [0.15, 0.2) is 43.9 Å². The summed E-state index contributed by atoms with van der Waals surface area (Å²) in [6.45, 7) is 1.87. The van der Waals surface area contributed by atoms with E-state index in [1.165, 1.54) is 18.2 Å². The van der Waals surface area contributed by atoms with Crippen LogP contribution in [0.25, 0.3) is 0 Å². The molecule has 8 heteroatoms. The molecule has 1 atom stereocenters. The third-order valence-electron chi connectivity index (χ3n) is 2.56. The molecule has 1 aromatic carbocycles. The lowest BCUT2D eigenvalue weighted by Crippen LogP contribution is -2.17. The Morgan fingerprint density at radius 2 is 1.90 bits per heavy atom. The predicted octanol–water partition coefficient (Wildman–Crippen LogP) is 5.88. The summed E-state index contributed by atoms with van der Waals surface area (Å²) in [5.74, 6) is 0.412. The van der Waals surface area contributed by atoms with E-state index in [0.717, 1.165) is 0 Å². The van der Waals surface area contributed by atoms with E-state index in [1.807, 2.05) is 6.92 Å². The number of benzene rings is 1. The van der Waals surface area contributed by atoms with E-state index in [4.69, 9.17) is 4.42 Å². The first kappa shape index (κ1) is 16.2. The number of nitrogens with one attached hydrogen (secondary N) is 1. The molecule has 1 heterocycles. The lowest BCUT2D eigenvalue weighted by Gasteiger charge is -2.15. The van der Waals surface area contributed by atoms with Crippen molar-refractivity contribution in [3.63, 3.8) is 0 Å². The van der Waals surface area contributed by atoms with Crippen LogP contribution < -0.4 is 10.1 Å². The number of rotatable bonds is 4. The second-order valence-corrected chi connectivity index (χ2v) is 5.84. The molecule has 0 radical (unpaired) electrons. The van der Waals surface area contributed by atoms with E-state index >= 15 is 0 Å². The van der Waals surface area contributed by atoms with Gasteiger partial charge in [-0.15, -0.1) is 13.2 Å². The molecule has 0 saturated carbocycles. The highest BCUT2D eigenvalue weighted by Crippen LogP contribution is 2.33. The van der Waals surface area contributed by atoms with Crippen LogP contribution in [-0.2, 0) is 0 Å². The van der Waals surface area contributed by atoms with Crippen LogP contribution in [0.4, 0.5) is 18.9 Å². The van der Waals surface area contributed by atoms with E-state index in [1.54, 1.807) is 12.1 Å². The maximum absolute atomic E-state index is 12.2. The Labute approximate surface area is 135 Å². The average molecular weight is 429 g/mol. The number of hydrogen-bond acceptors (Lipinski definition) is 3. The second-order valence-electron chi connectivity index (χ2n) is 4.20. The van der Waals surface area contributed by atoms with Crippen LogP contribution in [0.3, 0.4) is 0 Å². The van der Waals surface area contributed by atoms with Crippen LogP contribution in [0.1, 0.15) is 18.7 Å². The van der Waals surface area contributed by atoms with Gasteiger partial charge in [0.2, 0.25) is 0 Å². The highest BCUT2D eigenvalue weighted by Gasteiger charge is 2.31. The molecule has 0 aliphatic rings. The van der Waals surface area contributed by atoms with Gasteiger partial charge in [0.25, 0.3) is 0 Å². The largest absolute Gasteiger partial charge is 0.573 e. The first-order chi connectivity index (χ1) is 9.74. The zero-order chi connectivity index (χ0) is 15.6. The molecule has 2 rings (SSSR count). The van der Waals surface area contributed by atoms with Crippen molar-refractivity contribution in [2.75, 3.05) is 5.32 Å². The van der Waals surface area contributed by atoms with E-state index in [0.29, 0.717) is 16.1 Å². The highest BCUT2D eigenvalue weighted by atomic mass is 79.9. The monoisotopic (exact) mass is 427 g/mol. The summed E-state index contributed by atoms with van der Waals surface area (Å²) in [5.41, 5.74) is 0.636. The van der Waals surface area contributed by atoms with Crippen LogP contribution >= 0.6 is 31.9 Å². The molecule has 21 heavy (non-hydrogen) atoms. The number of furan rings is 1. The maximum Gasteiger partial charge on any atom is 0.573 e. The Balaban J connectivity index is 2.10. The minimum absolute atomic E-state index is 0.141. The van der Waals surface area contributed by atoms with Crippen molar-refractivity contribution in [1.29, 1.82) is 0 Å². The zero-order valence-corrected chi connectivity index (χ0v) is 13.8. The number of anilines is 1. The third kappa shape index (κ3) is 4.67. The Morgan fingerprint density at radius 3 is 2.43 bits per heavy atom. The maximum atomic E-state index is 12.2. The summed E-state index contributed by atoms with van der Waals surface area (Å²) in [6, 6.07) is 7.68.